The van der Waals surface area contributed by atoms with Crippen LogP contribution in [0.2, 0.25) is 0 Å². The van der Waals surface area contributed by atoms with Crippen LogP contribution in [0.1, 0.15) is 47.0 Å². The molecule has 132 valence electrons. The maximum Gasteiger partial charge on any atom is 0.306 e. The van der Waals surface area contributed by atoms with Gasteiger partial charge in [0.05, 0.1) is 31.6 Å². The van der Waals surface area contributed by atoms with Crippen LogP contribution in [0, 0.1) is 17.8 Å². The monoisotopic (exact) mass is 327 g/mol. The Bertz CT molecular complexity index is 446. The highest BCUT2D eigenvalue weighted by Gasteiger charge is 2.41. The van der Waals surface area contributed by atoms with Crippen molar-refractivity contribution < 1.29 is 24.2 Å². The average Bonchev–Trinajstić information content (AvgIpc) is 2.84. The molecule has 1 rings (SSSR count). The molecule has 0 bridgehead atoms. The van der Waals surface area contributed by atoms with Gasteiger partial charge in [-0.15, -0.1) is 0 Å². The zero-order chi connectivity index (χ0) is 17.7. The summed E-state index contributed by atoms with van der Waals surface area (Å²) >= 11 is 0. The fourth-order valence-electron chi connectivity index (χ4n) is 2.99. The normalized spacial score (nSPS) is 22.5. The molecule has 0 aromatic carbocycles. The molecule has 1 aliphatic heterocycles. The minimum atomic E-state index is -0.689. The molecule has 3 atom stereocenters. The highest BCUT2D eigenvalue weighted by Crippen LogP contribution is 2.27. The molecule has 1 heterocycles. The third kappa shape index (κ3) is 5.30. The number of aliphatic hydroxyl groups excluding tert-OH is 1. The van der Waals surface area contributed by atoms with Crippen LogP contribution in [0.3, 0.4) is 0 Å². The lowest BCUT2D eigenvalue weighted by atomic mass is 9.90. The summed E-state index contributed by atoms with van der Waals surface area (Å²) in [5.74, 6) is -1.10. The Labute approximate surface area is 138 Å². The van der Waals surface area contributed by atoms with Crippen LogP contribution < -0.4 is 0 Å². The van der Waals surface area contributed by atoms with E-state index >= 15 is 0 Å². The van der Waals surface area contributed by atoms with Gasteiger partial charge in [-0.3, -0.25) is 14.4 Å². The van der Waals surface area contributed by atoms with Gasteiger partial charge in [0, 0.05) is 19.4 Å². The first kappa shape index (κ1) is 19.6. The van der Waals surface area contributed by atoms with E-state index in [1.165, 1.54) is 12.0 Å². The van der Waals surface area contributed by atoms with Crippen molar-refractivity contribution in [1.29, 1.82) is 0 Å². The van der Waals surface area contributed by atoms with Crippen molar-refractivity contribution in [3.63, 3.8) is 0 Å². The molecule has 0 spiro atoms. The molecule has 0 aromatic rings. The van der Waals surface area contributed by atoms with E-state index in [1.54, 1.807) is 0 Å². The second-order valence-electron chi connectivity index (χ2n) is 7.09. The number of hydrogen-bond donors (Lipinski definition) is 1. The second kappa shape index (κ2) is 8.43. The summed E-state index contributed by atoms with van der Waals surface area (Å²) in [6.45, 7) is 7.77. The number of ether oxygens (including phenoxy) is 1. The fraction of sp³-hybridized carbons (Fsp3) is 0.824. The van der Waals surface area contributed by atoms with Crippen molar-refractivity contribution in [2.45, 2.75) is 59.1 Å². The Balaban J connectivity index is 2.91. The predicted octanol–water partition coefficient (Wildman–Crippen LogP) is 1.40. The topological polar surface area (TPSA) is 83.9 Å². The van der Waals surface area contributed by atoms with E-state index in [1.807, 2.05) is 27.7 Å². The van der Waals surface area contributed by atoms with Gasteiger partial charge in [-0.1, -0.05) is 27.7 Å². The molecule has 3 unspecified atom stereocenters. The van der Waals surface area contributed by atoms with E-state index in [4.69, 9.17) is 0 Å². The van der Waals surface area contributed by atoms with Crippen LogP contribution in [0.4, 0.5) is 0 Å². The number of methoxy groups -OCH3 is 1. The Hall–Kier alpha value is -1.43. The minimum absolute atomic E-state index is 0.00924. The highest BCUT2D eigenvalue weighted by atomic mass is 16.5. The van der Waals surface area contributed by atoms with Crippen molar-refractivity contribution >= 4 is 17.7 Å². The molecule has 23 heavy (non-hydrogen) atoms. The number of Topliss-reactive ketones (excluding diaryl/α,β-unsaturated/α-hetero) is 1. The maximum absolute atomic E-state index is 12.8. The van der Waals surface area contributed by atoms with Gasteiger partial charge in [-0.25, -0.2) is 0 Å². The molecule has 0 saturated carbocycles. The summed E-state index contributed by atoms with van der Waals surface area (Å²) in [7, 11) is 1.29. The second-order valence-corrected chi connectivity index (χ2v) is 7.09. The van der Waals surface area contributed by atoms with Gasteiger partial charge in [0.1, 0.15) is 0 Å². The maximum atomic E-state index is 12.8. The predicted molar refractivity (Wildman–Crippen MR) is 85.5 cm³/mol. The molecular formula is C17H29NO5. The van der Waals surface area contributed by atoms with E-state index in [0.717, 1.165) is 0 Å². The van der Waals surface area contributed by atoms with Crippen LogP contribution in [0.15, 0.2) is 0 Å². The first-order valence-corrected chi connectivity index (χ1v) is 8.25. The Morgan fingerprint density at radius 3 is 2.26 bits per heavy atom. The number of esters is 1. The first-order chi connectivity index (χ1) is 10.7. The number of amides is 1. The number of hydrogen-bond acceptors (Lipinski definition) is 5. The summed E-state index contributed by atoms with van der Waals surface area (Å²) in [6.07, 6.45) is -0.0405. The molecule has 1 N–H and O–H groups in total. The third-order valence-electron chi connectivity index (χ3n) is 4.28. The van der Waals surface area contributed by atoms with Gasteiger partial charge in [-0.2, -0.15) is 0 Å². The molecule has 6 nitrogen and oxygen atoms in total. The van der Waals surface area contributed by atoms with Crippen LogP contribution in [0.5, 0.6) is 0 Å². The summed E-state index contributed by atoms with van der Waals surface area (Å²) in [6, 6.07) is -0.584. The standard InChI is InChI=1S/C17H29NO5/c1-10(2)6-15(20)14-7-12(19)9-18(14)17(22)13(11(3)4)8-16(21)23-5/h10-14,19H,6-9H2,1-5H3. The van der Waals surface area contributed by atoms with Crippen molar-refractivity contribution in [2.24, 2.45) is 17.8 Å². The number of aliphatic hydroxyl groups is 1. The van der Waals surface area contributed by atoms with Crippen molar-refractivity contribution in [3.05, 3.63) is 0 Å². The Kier molecular flexibility index (Phi) is 7.19. The number of ketones is 1. The summed E-state index contributed by atoms with van der Waals surface area (Å²) in [4.78, 5) is 38.3. The molecule has 6 heteroatoms. The van der Waals surface area contributed by atoms with Crippen molar-refractivity contribution in [1.82, 2.24) is 4.90 Å². The van der Waals surface area contributed by atoms with E-state index < -0.39 is 24.0 Å². The average molecular weight is 327 g/mol. The van der Waals surface area contributed by atoms with Gasteiger partial charge in [-0.05, 0) is 11.8 Å². The van der Waals surface area contributed by atoms with Crippen molar-refractivity contribution in [3.8, 4) is 0 Å². The van der Waals surface area contributed by atoms with Gasteiger partial charge in [0.25, 0.3) is 0 Å². The van der Waals surface area contributed by atoms with Crippen molar-refractivity contribution in [2.75, 3.05) is 13.7 Å². The van der Waals surface area contributed by atoms with E-state index in [9.17, 15) is 19.5 Å². The van der Waals surface area contributed by atoms with Gasteiger partial charge >= 0.3 is 5.97 Å². The van der Waals surface area contributed by atoms with Gasteiger partial charge < -0.3 is 14.7 Å². The largest absolute Gasteiger partial charge is 0.469 e. The minimum Gasteiger partial charge on any atom is -0.469 e. The molecular weight excluding hydrogens is 298 g/mol. The van der Waals surface area contributed by atoms with Crippen LogP contribution in [-0.4, -0.2) is 53.5 Å². The highest BCUT2D eigenvalue weighted by molar-refractivity contribution is 5.91. The molecule has 1 aliphatic rings. The molecule has 1 saturated heterocycles. The first-order valence-electron chi connectivity index (χ1n) is 8.25. The van der Waals surface area contributed by atoms with Crippen LogP contribution in [0.25, 0.3) is 0 Å². The quantitative estimate of drug-likeness (QED) is 0.715. The number of nitrogens with zero attached hydrogens (tertiary/aromatic N) is 1. The smallest absolute Gasteiger partial charge is 0.306 e. The van der Waals surface area contributed by atoms with E-state index in [-0.39, 0.29) is 42.9 Å². The number of β-amino-alcohol motifs (C(OH)–C–C–N with tert-alkyl or cyclic N) is 1. The zero-order valence-corrected chi connectivity index (χ0v) is 14.7. The number of likely N-dealkylation sites (tertiary alicyclic amines) is 1. The molecule has 0 aromatic heterocycles. The summed E-state index contributed by atoms with van der Waals surface area (Å²) < 4.78 is 4.67. The molecule has 1 amide bonds. The molecule has 1 fully saturated rings. The molecule has 0 aliphatic carbocycles. The van der Waals surface area contributed by atoms with Crippen LogP contribution in [-0.2, 0) is 19.1 Å². The lowest BCUT2D eigenvalue weighted by Crippen LogP contribution is -2.45. The summed E-state index contributed by atoms with van der Waals surface area (Å²) in [5, 5.41) is 9.91. The number of carbonyl (C=O) groups is 3. The van der Waals surface area contributed by atoms with Gasteiger partial charge in [0.2, 0.25) is 5.91 Å². The Morgan fingerprint density at radius 1 is 1.17 bits per heavy atom. The SMILES string of the molecule is COC(=O)CC(C(=O)N1CC(O)CC1C(=O)CC(C)C)C(C)C. The van der Waals surface area contributed by atoms with Crippen LogP contribution >= 0.6 is 0 Å². The molecule has 0 radical (unpaired) electrons. The number of rotatable bonds is 7. The summed E-state index contributed by atoms with van der Waals surface area (Å²) in [5.41, 5.74) is 0. The third-order valence-corrected chi connectivity index (χ3v) is 4.28. The zero-order valence-electron chi connectivity index (χ0n) is 14.7. The number of carbonyl (C=O) groups excluding carboxylic acids is 3. The van der Waals surface area contributed by atoms with E-state index in [0.29, 0.717) is 6.42 Å². The van der Waals surface area contributed by atoms with Gasteiger partial charge in [0.15, 0.2) is 5.78 Å². The Morgan fingerprint density at radius 2 is 1.78 bits per heavy atom. The van der Waals surface area contributed by atoms with E-state index in [2.05, 4.69) is 4.74 Å². The lowest BCUT2D eigenvalue weighted by molar-refractivity contribution is -0.149. The lowest BCUT2D eigenvalue weighted by Gasteiger charge is -2.29. The fourth-order valence-corrected chi connectivity index (χ4v) is 2.99.